The Hall–Kier alpha value is -4.19. The zero-order chi connectivity index (χ0) is 32.9. The Labute approximate surface area is 261 Å². The van der Waals surface area contributed by atoms with Gasteiger partial charge in [-0.2, -0.15) is 13.2 Å². The summed E-state index contributed by atoms with van der Waals surface area (Å²) in [6.07, 6.45) is -2.66. The van der Waals surface area contributed by atoms with Crippen LogP contribution in [0.5, 0.6) is 5.88 Å². The van der Waals surface area contributed by atoms with E-state index in [0.29, 0.717) is 36.4 Å². The standard InChI is InChI=1S/C33H39F4N5O3/c1-6-22-20-41(32(44)25-11-10-21(3)19-26(25)33(35,36)37)17-18-42(22)27-13-12-23(24-9-8-14-39-31(24)45-7-2)29(34)28(27)30(43)38-15-16-40(4)5/h8-14,19,22H,6-7,15-18,20H2,1-5H3,(H,38,43)/t22-/m1/s1. The smallest absolute Gasteiger partial charge is 0.417 e. The van der Waals surface area contributed by atoms with Crippen molar-refractivity contribution < 1.29 is 31.9 Å². The zero-order valence-corrected chi connectivity index (χ0v) is 26.2. The number of hydrogen-bond donors (Lipinski definition) is 1. The van der Waals surface area contributed by atoms with Crippen molar-refractivity contribution in [2.24, 2.45) is 0 Å². The van der Waals surface area contributed by atoms with E-state index in [-0.39, 0.29) is 43.2 Å². The van der Waals surface area contributed by atoms with E-state index in [2.05, 4.69) is 10.3 Å². The van der Waals surface area contributed by atoms with Gasteiger partial charge in [-0.3, -0.25) is 9.59 Å². The first-order valence-corrected chi connectivity index (χ1v) is 14.9. The molecule has 12 heteroatoms. The van der Waals surface area contributed by atoms with Crippen molar-refractivity contribution in [2.75, 3.05) is 58.3 Å². The summed E-state index contributed by atoms with van der Waals surface area (Å²) in [6.45, 7) is 6.72. The third-order valence-corrected chi connectivity index (χ3v) is 7.80. The number of ether oxygens (including phenoxy) is 1. The highest BCUT2D eigenvalue weighted by atomic mass is 19.4. The molecule has 1 aliphatic rings. The van der Waals surface area contributed by atoms with Crippen LogP contribution in [0.2, 0.25) is 0 Å². The van der Waals surface area contributed by atoms with Crippen molar-refractivity contribution in [1.82, 2.24) is 20.1 Å². The lowest BCUT2D eigenvalue weighted by Crippen LogP contribution is -2.55. The second kappa shape index (κ2) is 14.3. The first-order valence-electron chi connectivity index (χ1n) is 14.9. The average molecular weight is 630 g/mol. The van der Waals surface area contributed by atoms with Crippen LogP contribution in [0.15, 0.2) is 48.7 Å². The van der Waals surface area contributed by atoms with Crippen molar-refractivity contribution in [1.29, 1.82) is 0 Å². The van der Waals surface area contributed by atoms with Crippen molar-refractivity contribution in [3.05, 3.63) is 76.7 Å². The maximum atomic E-state index is 16.5. The van der Waals surface area contributed by atoms with Crippen LogP contribution in [0.4, 0.5) is 23.2 Å². The van der Waals surface area contributed by atoms with E-state index in [1.54, 1.807) is 38.1 Å². The molecular weight excluding hydrogens is 590 g/mol. The lowest BCUT2D eigenvalue weighted by atomic mass is 9.97. The Bertz CT molecular complexity index is 1530. The molecule has 0 bridgehead atoms. The van der Waals surface area contributed by atoms with E-state index in [0.717, 1.165) is 6.07 Å². The molecule has 0 saturated carbocycles. The van der Waals surface area contributed by atoms with Gasteiger partial charge in [0.15, 0.2) is 0 Å². The Balaban J connectivity index is 1.71. The molecule has 8 nitrogen and oxygen atoms in total. The van der Waals surface area contributed by atoms with Gasteiger partial charge >= 0.3 is 6.18 Å². The minimum absolute atomic E-state index is 0.0860. The number of piperazine rings is 1. The van der Waals surface area contributed by atoms with Crippen molar-refractivity contribution in [3.8, 4) is 17.0 Å². The highest BCUT2D eigenvalue weighted by Gasteiger charge is 2.38. The lowest BCUT2D eigenvalue weighted by molar-refractivity contribution is -0.138. The van der Waals surface area contributed by atoms with Gasteiger partial charge < -0.3 is 24.8 Å². The molecule has 1 aliphatic heterocycles. The number of nitrogens with one attached hydrogen (secondary N) is 1. The van der Waals surface area contributed by atoms with Crippen LogP contribution in [0.1, 0.15) is 52.1 Å². The molecule has 2 aromatic carbocycles. The fourth-order valence-electron chi connectivity index (χ4n) is 5.51. The summed E-state index contributed by atoms with van der Waals surface area (Å²) in [7, 11) is 3.72. The van der Waals surface area contributed by atoms with E-state index in [9.17, 15) is 22.8 Å². The third kappa shape index (κ3) is 7.55. The molecule has 1 fully saturated rings. The van der Waals surface area contributed by atoms with Gasteiger partial charge in [0, 0.05) is 56.1 Å². The van der Waals surface area contributed by atoms with Gasteiger partial charge in [-0.25, -0.2) is 9.37 Å². The molecule has 2 heterocycles. The summed E-state index contributed by atoms with van der Waals surface area (Å²) in [5.41, 5.74) is -0.259. The van der Waals surface area contributed by atoms with Crippen LogP contribution in [-0.4, -0.2) is 86.1 Å². The van der Waals surface area contributed by atoms with Crippen LogP contribution in [0.25, 0.3) is 11.1 Å². The van der Waals surface area contributed by atoms with E-state index >= 15 is 4.39 Å². The number of aryl methyl sites for hydroxylation is 1. The molecule has 242 valence electrons. The summed E-state index contributed by atoms with van der Waals surface area (Å²) in [6, 6.07) is 9.86. The number of benzene rings is 2. The third-order valence-electron chi connectivity index (χ3n) is 7.80. The second-order valence-electron chi connectivity index (χ2n) is 11.2. The van der Waals surface area contributed by atoms with Crippen LogP contribution in [0.3, 0.4) is 0 Å². The Morgan fingerprint density at radius 2 is 1.84 bits per heavy atom. The highest BCUT2D eigenvalue weighted by molar-refractivity contribution is 6.02. The number of amides is 2. The number of likely N-dealkylation sites (N-methyl/N-ethyl adjacent to an activating group) is 1. The van der Waals surface area contributed by atoms with Crippen molar-refractivity contribution in [2.45, 2.75) is 39.4 Å². The number of pyridine rings is 1. The maximum Gasteiger partial charge on any atom is 0.417 e. The predicted molar refractivity (Wildman–Crippen MR) is 165 cm³/mol. The minimum Gasteiger partial charge on any atom is -0.478 e. The fourth-order valence-corrected chi connectivity index (χ4v) is 5.51. The van der Waals surface area contributed by atoms with Gasteiger partial charge in [0.2, 0.25) is 5.88 Å². The minimum atomic E-state index is -4.69. The van der Waals surface area contributed by atoms with Gasteiger partial charge in [-0.05, 0) is 70.8 Å². The molecule has 0 unspecified atom stereocenters. The molecular formula is C33H39F4N5O3. The predicted octanol–water partition coefficient (Wildman–Crippen LogP) is 5.65. The summed E-state index contributed by atoms with van der Waals surface area (Å²) >= 11 is 0. The van der Waals surface area contributed by atoms with Crippen LogP contribution in [0, 0.1) is 12.7 Å². The molecule has 0 aliphatic carbocycles. The van der Waals surface area contributed by atoms with Gasteiger partial charge in [-0.15, -0.1) is 0 Å². The van der Waals surface area contributed by atoms with E-state index in [1.807, 2.05) is 30.8 Å². The largest absolute Gasteiger partial charge is 0.478 e. The molecule has 0 spiro atoms. The molecule has 1 aromatic heterocycles. The molecule has 1 atom stereocenters. The summed E-state index contributed by atoms with van der Waals surface area (Å²) in [5.74, 6) is -1.83. The SMILES string of the molecule is CCOc1ncccc1-c1ccc(N2CCN(C(=O)c3ccc(C)cc3C(F)(F)F)C[C@H]2CC)c(C(=O)NCCN(C)C)c1F. The molecule has 45 heavy (non-hydrogen) atoms. The number of rotatable bonds is 10. The van der Waals surface area contributed by atoms with E-state index in [4.69, 9.17) is 4.74 Å². The number of anilines is 1. The highest BCUT2D eigenvalue weighted by Crippen LogP contribution is 2.38. The van der Waals surface area contributed by atoms with E-state index < -0.39 is 41.0 Å². The fraction of sp³-hybridized carbons (Fsp3) is 0.424. The topological polar surface area (TPSA) is 78.0 Å². The average Bonchev–Trinajstić information content (AvgIpc) is 3.00. The van der Waals surface area contributed by atoms with Crippen LogP contribution in [-0.2, 0) is 6.18 Å². The number of carbonyl (C=O) groups excluding carboxylic acids is 2. The first kappa shape index (κ1) is 33.7. The molecule has 2 amide bonds. The summed E-state index contributed by atoms with van der Waals surface area (Å²) in [5, 5.41) is 2.81. The molecule has 0 radical (unpaired) electrons. The number of aromatic nitrogens is 1. The van der Waals surface area contributed by atoms with Gasteiger partial charge in [0.1, 0.15) is 5.82 Å². The second-order valence-corrected chi connectivity index (χ2v) is 11.2. The first-order chi connectivity index (χ1) is 21.4. The number of nitrogens with zero attached hydrogens (tertiary/aromatic N) is 4. The summed E-state index contributed by atoms with van der Waals surface area (Å²) < 4.78 is 63.6. The monoisotopic (exact) mass is 629 g/mol. The molecule has 1 saturated heterocycles. The van der Waals surface area contributed by atoms with Crippen LogP contribution >= 0.6 is 0 Å². The number of hydrogen-bond acceptors (Lipinski definition) is 6. The number of carbonyl (C=O) groups is 2. The molecule has 3 aromatic rings. The van der Waals surface area contributed by atoms with Gasteiger partial charge in [0.05, 0.1) is 29.0 Å². The zero-order valence-electron chi connectivity index (χ0n) is 26.2. The Morgan fingerprint density at radius 1 is 1.09 bits per heavy atom. The Morgan fingerprint density at radius 3 is 2.51 bits per heavy atom. The normalized spacial score (nSPS) is 15.4. The summed E-state index contributed by atoms with van der Waals surface area (Å²) in [4.78, 5) is 36.4. The Kier molecular flexibility index (Phi) is 10.7. The number of alkyl halides is 3. The van der Waals surface area contributed by atoms with Gasteiger partial charge in [-0.1, -0.05) is 18.6 Å². The molecule has 4 rings (SSSR count). The van der Waals surface area contributed by atoms with E-state index in [1.165, 1.54) is 23.2 Å². The van der Waals surface area contributed by atoms with Crippen molar-refractivity contribution >= 4 is 17.5 Å². The molecule has 1 N–H and O–H groups in total. The van der Waals surface area contributed by atoms with Crippen LogP contribution < -0.4 is 15.0 Å². The maximum absolute atomic E-state index is 16.5. The number of halogens is 4. The van der Waals surface area contributed by atoms with Crippen molar-refractivity contribution in [3.63, 3.8) is 0 Å². The van der Waals surface area contributed by atoms with Gasteiger partial charge in [0.25, 0.3) is 11.8 Å². The quantitative estimate of drug-likeness (QED) is 0.293. The lowest BCUT2D eigenvalue weighted by Gasteiger charge is -2.43.